The number of hydrogen-bond acceptors (Lipinski definition) is 3. The minimum atomic E-state index is 0.347. The van der Waals surface area contributed by atoms with E-state index in [1.807, 2.05) is 0 Å². The predicted octanol–water partition coefficient (Wildman–Crippen LogP) is 2.02. The Morgan fingerprint density at radius 1 is 1.50 bits per heavy atom. The van der Waals surface area contributed by atoms with E-state index < -0.39 is 0 Å². The van der Waals surface area contributed by atoms with Gasteiger partial charge in [-0.05, 0) is 23.7 Å². The average Bonchev–Trinajstić information content (AvgIpc) is 2.04. The molecule has 0 saturated carbocycles. The lowest BCUT2D eigenvalue weighted by Crippen LogP contribution is -1.86. The van der Waals surface area contributed by atoms with Gasteiger partial charge in [-0.15, -0.1) is 0 Å². The van der Waals surface area contributed by atoms with Gasteiger partial charge in [-0.2, -0.15) is 0 Å². The summed E-state index contributed by atoms with van der Waals surface area (Å²) < 4.78 is 0. The second-order valence-corrected chi connectivity index (χ2v) is 2.17. The van der Waals surface area contributed by atoms with Gasteiger partial charge in [0.1, 0.15) is 6.29 Å². The summed E-state index contributed by atoms with van der Waals surface area (Å²) in [5.74, 6) is 0. The Bertz CT molecular complexity index is 354. The highest BCUT2D eigenvalue weighted by atomic mass is 16.1. The molecule has 0 saturated heterocycles. The molecular weight excluding hydrogens is 156 g/mol. The number of carbonyl (C=O) groups is 1. The molecule has 0 aromatic heterocycles. The molecule has 0 unspecified atom stereocenters. The van der Waals surface area contributed by atoms with Crippen molar-refractivity contribution in [3.05, 3.63) is 34.2 Å². The first-order chi connectivity index (χ1) is 5.76. The van der Waals surface area contributed by atoms with Gasteiger partial charge in [0.15, 0.2) is 0 Å². The standard InChI is InChI=1S/C7H6N4O/c8-6-1-5(4-12)2-7(3-6)10-11-9/h1-4H,8H2. The van der Waals surface area contributed by atoms with Crippen molar-refractivity contribution in [2.24, 2.45) is 5.11 Å². The Labute approximate surface area is 68.4 Å². The van der Waals surface area contributed by atoms with Crippen LogP contribution in [0.5, 0.6) is 0 Å². The van der Waals surface area contributed by atoms with Crippen molar-refractivity contribution in [2.45, 2.75) is 0 Å². The molecule has 12 heavy (non-hydrogen) atoms. The molecule has 0 radical (unpaired) electrons. The summed E-state index contributed by atoms with van der Waals surface area (Å²) in [5, 5.41) is 3.32. The molecule has 2 N–H and O–H groups in total. The maximum Gasteiger partial charge on any atom is 0.150 e. The maximum atomic E-state index is 10.3. The van der Waals surface area contributed by atoms with Crippen LogP contribution in [0.1, 0.15) is 10.4 Å². The second kappa shape index (κ2) is 3.41. The number of nitrogens with two attached hydrogens (primary N) is 1. The first kappa shape index (κ1) is 8.10. The summed E-state index contributed by atoms with van der Waals surface area (Å²) in [6.07, 6.45) is 0.646. The summed E-state index contributed by atoms with van der Waals surface area (Å²) in [4.78, 5) is 12.9. The Balaban J connectivity index is 3.22. The van der Waals surface area contributed by atoms with Gasteiger partial charge in [0.05, 0.1) is 0 Å². The molecule has 1 rings (SSSR count). The lowest BCUT2D eigenvalue weighted by molar-refractivity contribution is 0.112. The molecule has 60 valence electrons. The number of nitrogen functional groups attached to an aromatic ring is 1. The van der Waals surface area contributed by atoms with Crippen LogP contribution in [0, 0.1) is 0 Å². The van der Waals surface area contributed by atoms with Crippen LogP contribution in [0.2, 0.25) is 0 Å². The molecule has 0 fully saturated rings. The van der Waals surface area contributed by atoms with E-state index in [1.54, 1.807) is 0 Å². The highest BCUT2D eigenvalue weighted by Gasteiger charge is 1.95. The van der Waals surface area contributed by atoms with E-state index in [0.29, 0.717) is 23.2 Å². The van der Waals surface area contributed by atoms with E-state index in [4.69, 9.17) is 11.3 Å². The van der Waals surface area contributed by atoms with Crippen LogP contribution in [-0.2, 0) is 0 Å². The Morgan fingerprint density at radius 2 is 2.25 bits per heavy atom. The van der Waals surface area contributed by atoms with Crippen molar-refractivity contribution in [3.8, 4) is 0 Å². The van der Waals surface area contributed by atoms with Crippen molar-refractivity contribution in [2.75, 3.05) is 5.73 Å². The minimum Gasteiger partial charge on any atom is -0.399 e. The topological polar surface area (TPSA) is 91.8 Å². The fourth-order valence-corrected chi connectivity index (χ4v) is 0.836. The van der Waals surface area contributed by atoms with Gasteiger partial charge >= 0.3 is 0 Å². The van der Waals surface area contributed by atoms with Crippen LogP contribution < -0.4 is 5.73 Å². The van der Waals surface area contributed by atoms with E-state index in [1.165, 1.54) is 18.2 Å². The number of nitrogens with zero attached hydrogens (tertiary/aromatic N) is 3. The van der Waals surface area contributed by atoms with E-state index in [-0.39, 0.29) is 0 Å². The molecule has 1 aromatic carbocycles. The summed E-state index contributed by atoms with van der Waals surface area (Å²) in [6.45, 7) is 0. The third kappa shape index (κ3) is 1.74. The number of anilines is 1. The Hall–Kier alpha value is -2.00. The molecule has 1 aromatic rings. The zero-order chi connectivity index (χ0) is 8.97. The zero-order valence-corrected chi connectivity index (χ0v) is 6.14. The van der Waals surface area contributed by atoms with Crippen LogP contribution in [0.3, 0.4) is 0 Å². The summed E-state index contributed by atoms with van der Waals surface area (Å²) in [7, 11) is 0. The lowest BCUT2D eigenvalue weighted by atomic mass is 10.2. The van der Waals surface area contributed by atoms with Gasteiger partial charge in [-0.3, -0.25) is 4.79 Å². The largest absolute Gasteiger partial charge is 0.399 e. The molecule has 0 heterocycles. The number of aldehydes is 1. The third-order valence-electron chi connectivity index (χ3n) is 1.26. The first-order valence-electron chi connectivity index (χ1n) is 3.17. The second-order valence-electron chi connectivity index (χ2n) is 2.17. The number of azide groups is 1. The first-order valence-corrected chi connectivity index (χ1v) is 3.17. The summed E-state index contributed by atoms with van der Waals surface area (Å²) in [6, 6.07) is 4.46. The van der Waals surface area contributed by atoms with Gasteiger partial charge in [0.2, 0.25) is 0 Å². The molecule has 0 spiro atoms. The average molecular weight is 162 g/mol. The number of benzene rings is 1. The van der Waals surface area contributed by atoms with Crippen molar-refractivity contribution in [1.82, 2.24) is 0 Å². The van der Waals surface area contributed by atoms with Gasteiger partial charge in [0, 0.05) is 21.8 Å². The van der Waals surface area contributed by atoms with E-state index in [2.05, 4.69) is 10.0 Å². The smallest absolute Gasteiger partial charge is 0.150 e. The van der Waals surface area contributed by atoms with Crippen molar-refractivity contribution in [1.29, 1.82) is 0 Å². The van der Waals surface area contributed by atoms with E-state index in [9.17, 15) is 4.79 Å². The molecule has 0 atom stereocenters. The van der Waals surface area contributed by atoms with Gasteiger partial charge in [0.25, 0.3) is 0 Å². The normalized spacial score (nSPS) is 8.67. The van der Waals surface area contributed by atoms with Crippen molar-refractivity contribution >= 4 is 17.7 Å². The molecule has 5 nitrogen and oxygen atoms in total. The molecule has 0 aliphatic heterocycles. The lowest BCUT2D eigenvalue weighted by Gasteiger charge is -1.96. The molecule has 5 heteroatoms. The maximum absolute atomic E-state index is 10.3. The summed E-state index contributed by atoms with van der Waals surface area (Å²) >= 11 is 0. The molecule has 0 aliphatic carbocycles. The van der Waals surface area contributed by atoms with Gasteiger partial charge in [-0.1, -0.05) is 5.11 Å². The molecule has 0 amide bonds. The zero-order valence-electron chi connectivity index (χ0n) is 6.14. The number of carbonyl (C=O) groups excluding carboxylic acids is 1. The van der Waals surface area contributed by atoms with Gasteiger partial charge in [-0.25, -0.2) is 0 Å². The highest BCUT2D eigenvalue weighted by Crippen LogP contribution is 2.18. The fraction of sp³-hybridized carbons (Fsp3) is 0. The van der Waals surface area contributed by atoms with Crippen molar-refractivity contribution < 1.29 is 4.79 Å². The van der Waals surface area contributed by atoms with Crippen molar-refractivity contribution in [3.63, 3.8) is 0 Å². The van der Waals surface area contributed by atoms with Crippen LogP contribution in [0.15, 0.2) is 23.3 Å². The molecular formula is C7H6N4O. The van der Waals surface area contributed by atoms with Crippen LogP contribution in [0.25, 0.3) is 10.4 Å². The monoisotopic (exact) mass is 162 g/mol. The highest BCUT2D eigenvalue weighted by molar-refractivity contribution is 5.79. The SMILES string of the molecule is [N-]=[N+]=Nc1cc(N)cc(C=O)c1. The quantitative estimate of drug-likeness (QED) is 0.237. The predicted molar refractivity (Wildman–Crippen MR) is 45.0 cm³/mol. The Kier molecular flexibility index (Phi) is 2.30. The fourth-order valence-electron chi connectivity index (χ4n) is 0.836. The summed E-state index contributed by atoms with van der Waals surface area (Å²) in [5.41, 5.74) is 14.7. The molecule has 0 aliphatic rings. The van der Waals surface area contributed by atoms with Crippen LogP contribution in [0.4, 0.5) is 11.4 Å². The number of rotatable bonds is 2. The van der Waals surface area contributed by atoms with Gasteiger partial charge < -0.3 is 5.73 Å². The van der Waals surface area contributed by atoms with Crippen LogP contribution >= 0.6 is 0 Å². The van der Waals surface area contributed by atoms with E-state index >= 15 is 0 Å². The number of hydrogen-bond donors (Lipinski definition) is 1. The molecule has 0 bridgehead atoms. The third-order valence-corrected chi connectivity index (χ3v) is 1.26. The van der Waals surface area contributed by atoms with Crippen LogP contribution in [-0.4, -0.2) is 6.29 Å². The Morgan fingerprint density at radius 3 is 2.83 bits per heavy atom. The minimum absolute atomic E-state index is 0.347. The van der Waals surface area contributed by atoms with E-state index in [0.717, 1.165) is 0 Å².